The van der Waals surface area contributed by atoms with Crippen LogP contribution in [-0.4, -0.2) is 95.9 Å². The van der Waals surface area contributed by atoms with E-state index in [0.29, 0.717) is 19.3 Å². The van der Waals surface area contributed by atoms with Gasteiger partial charge in [-0.2, -0.15) is 0 Å². The van der Waals surface area contributed by atoms with Crippen LogP contribution in [0.4, 0.5) is 0 Å². The van der Waals surface area contributed by atoms with E-state index in [1.165, 1.54) is 77.0 Å². The summed E-state index contributed by atoms with van der Waals surface area (Å²) in [5.74, 6) is -1.61. The molecule has 0 fully saturated rings. The maximum atomic E-state index is 13.0. The molecule has 5 unspecified atom stereocenters. The van der Waals surface area contributed by atoms with E-state index in [0.717, 1.165) is 193 Å². The molecule has 0 aromatic rings. The Morgan fingerprint density at radius 3 is 0.785 bits per heavy atom. The first kappa shape index (κ1) is 102. The fourth-order valence-corrected chi connectivity index (χ4v) is 12.4. The summed E-state index contributed by atoms with van der Waals surface area (Å²) in [6.07, 6.45) is 101. The largest absolute Gasteiger partial charge is 0.472 e. The second-order valence-electron chi connectivity index (χ2n) is 27.5. The molecule has 0 radical (unpaired) electrons. The van der Waals surface area contributed by atoms with Gasteiger partial charge in [0.05, 0.1) is 26.4 Å². The Hall–Kier alpha value is -4.83. The van der Waals surface area contributed by atoms with E-state index in [4.69, 9.17) is 32.3 Å². The number of aliphatic hydroxyl groups excluding tert-OH is 2. The number of esters is 3. The standard InChI is InChI=1S/C89H150O16P2/c1-4-7-10-13-16-19-22-25-28-31-34-37-40-41-44-46-48-51-54-57-60-63-66-69-72-75-87(92)99-78-84(90)79-101-106(95,96)102-80-85(91)81-103-107(97,98)104-83-86(105-89(94)77-74-71-68-65-62-59-56-53-50-47-43-39-36-33-30-27-24-21-18-15-12-9-6-3)82-100-88(93)76-73-70-67-64-61-58-55-52-49-45-42-38-35-32-29-26-23-20-17-14-11-8-5-2/h8,11,16-21,25-30,34-39,41,44-45,47,49-50,84-86,90-91H,4-7,9-10,12-15,22-24,31-33,40,42-43,46,48,51-83H2,1-3H3,(H,95,96)(H,97,98)/b11-8-,19-16-,20-17-,21-18-,28-25-,29-26-,30-27-,37-34-,38-35-,39-36-,44-41-,49-45-,50-47-. The number of unbranched alkanes of at least 4 members (excludes halogenated alkanes) is 29. The van der Waals surface area contributed by atoms with Gasteiger partial charge in [0.25, 0.3) is 0 Å². The number of phosphoric acid groups is 2. The van der Waals surface area contributed by atoms with E-state index in [1.54, 1.807) is 0 Å². The van der Waals surface area contributed by atoms with E-state index < -0.39 is 91.5 Å². The van der Waals surface area contributed by atoms with Crippen molar-refractivity contribution in [1.29, 1.82) is 0 Å². The molecule has 0 aromatic carbocycles. The van der Waals surface area contributed by atoms with E-state index in [-0.39, 0.29) is 19.3 Å². The number of carbonyl (C=O) groups excluding carboxylic acids is 3. The van der Waals surface area contributed by atoms with Crippen LogP contribution in [0, 0.1) is 0 Å². The Kier molecular flexibility index (Phi) is 77.0. The normalized spacial score (nSPS) is 14.7. The molecule has 107 heavy (non-hydrogen) atoms. The zero-order chi connectivity index (χ0) is 78.0. The third-order valence-electron chi connectivity index (χ3n) is 17.2. The maximum Gasteiger partial charge on any atom is 0.472 e. The van der Waals surface area contributed by atoms with Crippen LogP contribution in [0.25, 0.3) is 0 Å². The lowest BCUT2D eigenvalue weighted by Crippen LogP contribution is -2.30. The van der Waals surface area contributed by atoms with Crippen LogP contribution in [0.15, 0.2) is 158 Å². The lowest BCUT2D eigenvalue weighted by molar-refractivity contribution is -0.161. The van der Waals surface area contributed by atoms with Crippen molar-refractivity contribution < 1.29 is 75.8 Å². The highest BCUT2D eigenvalue weighted by atomic mass is 31.2. The highest BCUT2D eigenvalue weighted by Gasteiger charge is 2.29. The summed E-state index contributed by atoms with van der Waals surface area (Å²) in [5.41, 5.74) is 0. The molecule has 0 bridgehead atoms. The van der Waals surface area contributed by atoms with E-state index in [9.17, 15) is 43.5 Å². The highest BCUT2D eigenvalue weighted by Crippen LogP contribution is 2.45. The van der Waals surface area contributed by atoms with Gasteiger partial charge in [-0.1, -0.05) is 314 Å². The predicted octanol–water partition coefficient (Wildman–Crippen LogP) is 25.0. The van der Waals surface area contributed by atoms with Gasteiger partial charge >= 0.3 is 33.6 Å². The van der Waals surface area contributed by atoms with Crippen LogP contribution < -0.4 is 0 Å². The number of ether oxygens (including phenoxy) is 3. The Labute approximate surface area is 650 Å². The van der Waals surface area contributed by atoms with Crippen LogP contribution in [0.5, 0.6) is 0 Å². The lowest BCUT2D eigenvalue weighted by atomic mass is 10.1. The van der Waals surface area contributed by atoms with Crippen LogP contribution in [0.1, 0.15) is 329 Å². The van der Waals surface area contributed by atoms with Gasteiger partial charge in [0.15, 0.2) is 6.10 Å². The smallest absolute Gasteiger partial charge is 0.463 e. The molecule has 4 N–H and O–H groups in total. The summed E-state index contributed by atoms with van der Waals surface area (Å²) in [7, 11) is -9.82. The lowest BCUT2D eigenvalue weighted by Gasteiger charge is -2.21. The number of hydrogen-bond donors (Lipinski definition) is 4. The van der Waals surface area contributed by atoms with Crippen molar-refractivity contribution in [2.24, 2.45) is 0 Å². The average Bonchev–Trinajstić information content (AvgIpc) is 1.16. The van der Waals surface area contributed by atoms with Gasteiger partial charge in [-0.3, -0.25) is 32.5 Å². The molecule has 0 heterocycles. The molecule has 0 spiro atoms. The Morgan fingerprint density at radius 1 is 0.271 bits per heavy atom. The van der Waals surface area contributed by atoms with E-state index in [2.05, 4.69) is 179 Å². The highest BCUT2D eigenvalue weighted by molar-refractivity contribution is 7.47. The molecule has 0 amide bonds. The second-order valence-corrected chi connectivity index (χ2v) is 30.4. The summed E-state index contributed by atoms with van der Waals surface area (Å²) in [4.78, 5) is 58.8. The second kappa shape index (κ2) is 80.7. The number of phosphoric ester groups is 2. The molecule has 0 saturated carbocycles. The van der Waals surface area contributed by atoms with Gasteiger partial charge in [-0.05, 0) is 154 Å². The van der Waals surface area contributed by atoms with Crippen molar-refractivity contribution in [2.75, 3.05) is 39.6 Å². The van der Waals surface area contributed by atoms with E-state index in [1.807, 2.05) is 0 Å². The van der Waals surface area contributed by atoms with Gasteiger partial charge in [-0.15, -0.1) is 0 Å². The van der Waals surface area contributed by atoms with Gasteiger partial charge < -0.3 is 34.2 Å². The predicted molar refractivity (Wildman–Crippen MR) is 445 cm³/mol. The van der Waals surface area contributed by atoms with Crippen LogP contribution in [-0.2, 0) is 55.8 Å². The number of rotatable bonds is 78. The zero-order valence-corrected chi connectivity index (χ0v) is 68.8. The Morgan fingerprint density at radius 2 is 0.495 bits per heavy atom. The SMILES string of the molecule is CC/C=C\C/C=C\C/C=C\C/C=C\C/C=C\CCCCCCCCCC(=O)OCC(COP(=O)(O)OCC(O)COP(=O)(O)OCC(O)COC(=O)CCCCCCCCCCC/C=C\C/C=C\C/C=C\C/C=C\CCCCC)OC(=O)CCCCCCCCC/C=C\C/C=C\C/C=C\C/C=C\CCCCC. The van der Waals surface area contributed by atoms with Crippen LogP contribution >= 0.6 is 15.6 Å². The summed E-state index contributed by atoms with van der Waals surface area (Å²) >= 11 is 0. The molecule has 0 saturated heterocycles. The zero-order valence-electron chi connectivity index (χ0n) is 67.0. The van der Waals surface area contributed by atoms with Crippen molar-refractivity contribution in [3.63, 3.8) is 0 Å². The number of aliphatic hydroxyl groups is 2. The average molecular weight is 1540 g/mol. The van der Waals surface area contributed by atoms with Crippen molar-refractivity contribution in [3.8, 4) is 0 Å². The Bertz CT molecular complexity index is 2580. The van der Waals surface area contributed by atoms with Crippen LogP contribution in [0.3, 0.4) is 0 Å². The minimum atomic E-state index is -4.95. The number of carbonyl (C=O) groups is 3. The molecule has 16 nitrogen and oxygen atoms in total. The van der Waals surface area contributed by atoms with Gasteiger partial charge in [0, 0.05) is 19.3 Å². The first-order valence-corrected chi connectivity index (χ1v) is 44.8. The van der Waals surface area contributed by atoms with Gasteiger partial charge in [0.2, 0.25) is 0 Å². The molecular weight excluding hydrogens is 1390 g/mol. The third kappa shape index (κ3) is 82.0. The fraction of sp³-hybridized carbons (Fsp3) is 0.674. The Balaban J connectivity index is 4.72. The van der Waals surface area contributed by atoms with E-state index >= 15 is 0 Å². The molecule has 0 aliphatic carbocycles. The first-order chi connectivity index (χ1) is 52.2. The van der Waals surface area contributed by atoms with Crippen molar-refractivity contribution in [1.82, 2.24) is 0 Å². The minimum absolute atomic E-state index is 0.0841. The number of allylic oxidation sites excluding steroid dienone is 26. The maximum absolute atomic E-state index is 13.0. The molecule has 0 rings (SSSR count). The first-order valence-electron chi connectivity index (χ1n) is 41.8. The molecule has 0 aliphatic heterocycles. The van der Waals surface area contributed by atoms with Gasteiger partial charge in [0.1, 0.15) is 25.4 Å². The number of hydrogen-bond acceptors (Lipinski definition) is 14. The molecule has 0 aromatic heterocycles. The summed E-state index contributed by atoms with van der Waals surface area (Å²) in [6, 6.07) is 0. The summed E-state index contributed by atoms with van der Waals surface area (Å²) in [5, 5.41) is 20.7. The molecule has 18 heteroatoms. The monoisotopic (exact) mass is 1540 g/mol. The van der Waals surface area contributed by atoms with Crippen molar-refractivity contribution in [3.05, 3.63) is 158 Å². The minimum Gasteiger partial charge on any atom is -0.463 e. The summed E-state index contributed by atoms with van der Waals surface area (Å²) in [6.45, 7) is 2.49. The fourth-order valence-electron chi connectivity index (χ4n) is 10.9. The van der Waals surface area contributed by atoms with Crippen molar-refractivity contribution in [2.45, 2.75) is 347 Å². The molecule has 5 atom stereocenters. The molecule has 612 valence electrons. The van der Waals surface area contributed by atoms with Crippen molar-refractivity contribution >= 4 is 33.6 Å². The van der Waals surface area contributed by atoms with Crippen LogP contribution in [0.2, 0.25) is 0 Å². The molecular formula is C89H150O16P2. The van der Waals surface area contributed by atoms with Gasteiger partial charge in [-0.25, -0.2) is 9.13 Å². The topological polar surface area (TPSA) is 231 Å². The third-order valence-corrected chi connectivity index (χ3v) is 19.1. The quantitative estimate of drug-likeness (QED) is 0.0146. The molecule has 0 aliphatic rings. The summed E-state index contributed by atoms with van der Waals surface area (Å²) < 4.78 is 61.3.